The van der Waals surface area contributed by atoms with Gasteiger partial charge in [0.2, 0.25) is 0 Å². The van der Waals surface area contributed by atoms with Gasteiger partial charge in [-0.1, -0.05) is 142 Å². The van der Waals surface area contributed by atoms with E-state index in [2.05, 4.69) is 71.8 Å². The van der Waals surface area contributed by atoms with Crippen molar-refractivity contribution in [1.29, 1.82) is 0 Å². The zero-order chi connectivity index (χ0) is 28.4. The third-order valence-corrected chi connectivity index (χ3v) is 8.69. The molecule has 0 amide bonds. The monoisotopic (exact) mass is 551 g/mol. The van der Waals surface area contributed by atoms with Gasteiger partial charge in [-0.05, 0) is 12.8 Å². The summed E-state index contributed by atoms with van der Waals surface area (Å²) in [7, 11) is 0. The molecule has 2 heteroatoms. The van der Waals surface area contributed by atoms with E-state index in [0.29, 0.717) is 0 Å². The van der Waals surface area contributed by atoms with Gasteiger partial charge in [0.1, 0.15) is 13.1 Å². The molecule has 0 atom stereocenters. The Morgan fingerprint density at radius 1 is 0.375 bits per heavy atom. The molecular formula is C38H66N2+2. The summed E-state index contributed by atoms with van der Waals surface area (Å²) in [6, 6.07) is 13.6. The van der Waals surface area contributed by atoms with Crippen molar-refractivity contribution in [2.45, 2.75) is 181 Å². The predicted molar refractivity (Wildman–Crippen MR) is 174 cm³/mol. The first kappa shape index (κ1) is 34.5. The summed E-state index contributed by atoms with van der Waals surface area (Å²) in [6.07, 6.45) is 37.8. The van der Waals surface area contributed by atoms with Gasteiger partial charge in [0.05, 0.1) is 0 Å². The Hall–Kier alpha value is -1.70. The normalized spacial score (nSPS) is 11.3. The van der Waals surface area contributed by atoms with Crippen LogP contribution in [0.25, 0.3) is 0 Å². The lowest BCUT2D eigenvalue weighted by Crippen LogP contribution is -2.40. The van der Waals surface area contributed by atoms with Crippen molar-refractivity contribution in [1.82, 2.24) is 0 Å². The molecule has 0 N–H and O–H groups in total. The average Bonchev–Trinajstić information content (AvgIpc) is 2.98. The van der Waals surface area contributed by atoms with Gasteiger partial charge in [-0.25, -0.2) is 9.13 Å². The van der Waals surface area contributed by atoms with Crippen LogP contribution in [0.3, 0.4) is 0 Å². The third kappa shape index (κ3) is 17.2. The molecule has 2 heterocycles. The maximum absolute atomic E-state index is 2.52. The number of aryl methyl sites for hydroxylation is 4. The topological polar surface area (TPSA) is 7.76 Å². The predicted octanol–water partition coefficient (Wildman–Crippen LogP) is 10.7. The standard InChI is InChI=1S/C38H66N2/c1-3-5-7-9-11-13-15-17-19-21-29-37-31-23-25-33-39(37)35-27-28-36-40-34-26-24-32-38(40)30-22-20-18-16-14-12-10-8-6-4-2/h23-26,31-34H,3-22,27-30,35-36H2,1-2H3/q+2. The Bertz CT molecular complexity index is 760. The SMILES string of the molecule is CCCCCCCCCCCCc1cccc[n+]1CCCC[n+]1ccccc1CCCCCCCCCCCC. The second kappa shape index (κ2) is 25.0. The van der Waals surface area contributed by atoms with Crippen LogP contribution < -0.4 is 9.13 Å². The Kier molecular flexibility index (Phi) is 21.6. The van der Waals surface area contributed by atoms with Crippen LogP contribution in [-0.2, 0) is 25.9 Å². The molecule has 2 nitrogen and oxygen atoms in total. The van der Waals surface area contributed by atoms with E-state index in [1.807, 2.05) is 0 Å². The molecule has 0 saturated heterocycles. The van der Waals surface area contributed by atoms with E-state index in [1.54, 1.807) is 0 Å². The van der Waals surface area contributed by atoms with Crippen LogP contribution in [0.5, 0.6) is 0 Å². The number of nitrogens with zero attached hydrogens (tertiary/aromatic N) is 2. The van der Waals surface area contributed by atoms with Crippen LogP contribution >= 0.6 is 0 Å². The second-order valence-electron chi connectivity index (χ2n) is 12.3. The first-order chi connectivity index (χ1) is 19.8. The lowest BCUT2D eigenvalue weighted by Gasteiger charge is -2.06. The number of hydrogen-bond acceptors (Lipinski definition) is 0. The highest BCUT2D eigenvalue weighted by molar-refractivity contribution is 4.98. The summed E-state index contributed by atoms with van der Waals surface area (Å²) in [5.41, 5.74) is 3.05. The van der Waals surface area contributed by atoms with Gasteiger partial charge in [-0.3, -0.25) is 0 Å². The molecule has 0 aliphatic carbocycles. The van der Waals surface area contributed by atoms with Crippen LogP contribution in [0.1, 0.15) is 166 Å². The Morgan fingerprint density at radius 3 is 1.05 bits per heavy atom. The Morgan fingerprint density at radius 2 is 0.700 bits per heavy atom. The van der Waals surface area contributed by atoms with Crippen LogP contribution in [0.2, 0.25) is 0 Å². The van der Waals surface area contributed by atoms with E-state index in [1.165, 1.54) is 165 Å². The van der Waals surface area contributed by atoms with Crippen LogP contribution in [0.15, 0.2) is 48.8 Å². The van der Waals surface area contributed by atoms with Crippen LogP contribution in [0.4, 0.5) is 0 Å². The molecule has 0 aliphatic heterocycles. The largest absolute Gasteiger partial charge is 0.202 e. The minimum atomic E-state index is 1.15. The zero-order valence-electron chi connectivity index (χ0n) is 26.9. The van der Waals surface area contributed by atoms with E-state index in [-0.39, 0.29) is 0 Å². The van der Waals surface area contributed by atoms with Gasteiger partial charge in [-0.15, -0.1) is 0 Å². The summed E-state index contributed by atoms with van der Waals surface area (Å²) in [5.74, 6) is 0. The summed E-state index contributed by atoms with van der Waals surface area (Å²) < 4.78 is 5.04. The summed E-state index contributed by atoms with van der Waals surface area (Å²) in [4.78, 5) is 0. The van der Waals surface area contributed by atoms with Gasteiger partial charge in [0.15, 0.2) is 23.8 Å². The first-order valence-electron chi connectivity index (χ1n) is 17.8. The lowest BCUT2D eigenvalue weighted by atomic mass is 10.0. The van der Waals surface area contributed by atoms with Gasteiger partial charge in [0, 0.05) is 49.9 Å². The first-order valence-corrected chi connectivity index (χ1v) is 17.8. The van der Waals surface area contributed by atoms with Crippen molar-refractivity contribution in [2.24, 2.45) is 0 Å². The molecule has 0 aromatic carbocycles. The average molecular weight is 551 g/mol. The van der Waals surface area contributed by atoms with Crippen molar-refractivity contribution >= 4 is 0 Å². The van der Waals surface area contributed by atoms with Gasteiger partial charge < -0.3 is 0 Å². The molecule has 0 aliphatic rings. The molecule has 2 rings (SSSR count). The summed E-state index contributed by atoms with van der Waals surface area (Å²) in [6.45, 7) is 6.90. The van der Waals surface area contributed by atoms with Crippen LogP contribution in [-0.4, -0.2) is 0 Å². The molecule has 0 saturated carbocycles. The Labute approximate surface area is 250 Å². The van der Waals surface area contributed by atoms with Gasteiger partial charge >= 0.3 is 0 Å². The van der Waals surface area contributed by atoms with E-state index in [9.17, 15) is 0 Å². The number of aromatic nitrogens is 2. The van der Waals surface area contributed by atoms with Gasteiger partial charge in [0.25, 0.3) is 0 Å². The molecule has 0 spiro atoms. The lowest BCUT2D eigenvalue weighted by molar-refractivity contribution is -0.715. The molecule has 0 unspecified atom stereocenters. The van der Waals surface area contributed by atoms with Crippen molar-refractivity contribution in [3.05, 3.63) is 60.2 Å². The summed E-state index contributed by atoms with van der Waals surface area (Å²) in [5, 5.41) is 0. The Balaban J connectivity index is 1.58. The van der Waals surface area contributed by atoms with Crippen LogP contribution in [0, 0.1) is 0 Å². The molecular weight excluding hydrogens is 484 g/mol. The van der Waals surface area contributed by atoms with Crippen molar-refractivity contribution in [2.75, 3.05) is 0 Å². The van der Waals surface area contributed by atoms with Crippen molar-refractivity contribution in [3.8, 4) is 0 Å². The smallest absolute Gasteiger partial charge is 0.181 e. The minimum absolute atomic E-state index is 1.15. The molecule has 0 fully saturated rings. The molecule has 40 heavy (non-hydrogen) atoms. The molecule has 0 bridgehead atoms. The maximum Gasteiger partial charge on any atom is 0.181 e. The molecule has 0 radical (unpaired) electrons. The fourth-order valence-electron chi connectivity index (χ4n) is 6.06. The molecule has 226 valence electrons. The van der Waals surface area contributed by atoms with E-state index in [0.717, 1.165) is 13.1 Å². The fraction of sp³-hybridized carbons (Fsp3) is 0.737. The van der Waals surface area contributed by atoms with Gasteiger partial charge in [-0.2, -0.15) is 0 Å². The van der Waals surface area contributed by atoms with Crippen molar-refractivity contribution in [3.63, 3.8) is 0 Å². The highest BCUT2D eigenvalue weighted by Gasteiger charge is 2.12. The van der Waals surface area contributed by atoms with Crippen molar-refractivity contribution < 1.29 is 9.13 Å². The number of unbranched alkanes of at least 4 members (excludes halogenated alkanes) is 19. The second-order valence-corrected chi connectivity index (χ2v) is 12.3. The quantitative estimate of drug-likeness (QED) is 0.0772. The number of rotatable bonds is 27. The summed E-state index contributed by atoms with van der Waals surface area (Å²) >= 11 is 0. The maximum atomic E-state index is 2.52. The van der Waals surface area contributed by atoms with E-state index < -0.39 is 0 Å². The highest BCUT2D eigenvalue weighted by Crippen LogP contribution is 2.13. The molecule has 2 aromatic heterocycles. The van der Waals surface area contributed by atoms with E-state index in [4.69, 9.17) is 0 Å². The third-order valence-electron chi connectivity index (χ3n) is 8.69. The zero-order valence-corrected chi connectivity index (χ0v) is 26.9. The number of hydrogen-bond donors (Lipinski definition) is 0. The molecule has 2 aromatic rings. The number of pyridine rings is 2. The highest BCUT2D eigenvalue weighted by atomic mass is 15.0. The minimum Gasteiger partial charge on any atom is -0.202 e. The van der Waals surface area contributed by atoms with E-state index >= 15 is 0 Å². The fourth-order valence-corrected chi connectivity index (χ4v) is 6.06.